The molecule has 0 saturated heterocycles. The molecule has 0 bridgehead atoms. The van der Waals surface area contributed by atoms with Gasteiger partial charge in [-0.1, -0.05) is 36.4 Å². The van der Waals surface area contributed by atoms with Crippen LogP contribution in [0.1, 0.15) is 29.0 Å². The molecule has 1 unspecified atom stereocenters. The Morgan fingerprint density at radius 3 is 2.41 bits per heavy atom. The van der Waals surface area contributed by atoms with Crippen molar-refractivity contribution in [1.82, 2.24) is 10.3 Å². The number of fused-ring (bicyclic) bond motifs is 1. The number of aryl methyl sites for hydroxylation is 1. The van der Waals surface area contributed by atoms with Crippen LogP contribution in [0.2, 0.25) is 0 Å². The van der Waals surface area contributed by atoms with Crippen LogP contribution in [0.3, 0.4) is 0 Å². The molecule has 0 saturated carbocycles. The van der Waals surface area contributed by atoms with Crippen LogP contribution in [0, 0.1) is 0 Å². The van der Waals surface area contributed by atoms with Crippen molar-refractivity contribution in [3.05, 3.63) is 89.6 Å². The molecule has 4 rings (SSSR count). The van der Waals surface area contributed by atoms with Gasteiger partial charge in [0.1, 0.15) is 5.75 Å². The van der Waals surface area contributed by atoms with E-state index < -0.39 is 0 Å². The molecule has 0 spiro atoms. The van der Waals surface area contributed by atoms with Crippen LogP contribution in [-0.4, -0.2) is 38.8 Å². The smallest absolute Gasteiger partial charge is 0.220 e. The van der Waals surface area contributed by atoms with Crippen molar-refractivity contribution in [1.29, 1.82) is 0 Å². The third kappa shape index (κ3) is 5.17. The van der Waals surface area contributed by atoms with Crippen LogP contribution in [0.5, 0.6) is 17.2 Å². The van der Waals surface area contributed by atoms with Gasteiger partial charge in [0.05, 0.1) is 21.3 Å². The van der Waals surface area contributed by atoms with E-state index in [1.54, 1.807) is 21.3 Å². The van der Waals surface area contributed by atoms with Gasteiger partial charge in [0.2, 0.25) is 5.91 Å². The van der Waals surface area contributed by atoms with Crippen molar-refractivity contribution in [2.75, 3.05) is 27.9 Å². The molecule has 0 aliphatic rings. The van der Waals surface area contributed by atoms with Crippen LogP contribution in [0.4, 0.5) is 0 Å². The second-order valence-electron chi connectivity index (χ2n) is 8.11. The first-order valence-electron chi connectivity index (χ1n) is 11.3. The first-order chi connectivity index (χ1) is 16.6. The van der Waals surface area contributed by atoms with E-state index >= 15 is 0 Å². The highest BCUT2D eigenvalue weighted by Crippen LogP contribution is 2.32. The van der Waals surface area contributed by atoms with E-state index in [9.17, 15) is 4.79 Å². The fourth-order valence-electron chi connectivity index (χ4n) is 4.22. The van der Waals surface area contributed by atoms with Crippen molar-refractivity contribution in [3.63, 3.8) is 0 Å². The number of ether oxygens (including phenoxy) is 3. The normalized spacial score (nSPS) is 11.7. The molecular formula is C28H30N2O4. The Morgan fingerprint density at radius 2 is 1.68 bits per heavy atom. The second kappa shape index (κ2) is 10.8. The molecule has 1 aromatic heterocycles. The summed E-state index contributed by atoms with van der Waals surface area (Å²) >= 11 is 0. The minimum absolute atomic E-state index is 0.00656. The zero-order valence-corrected chi connectivity index (χ0v) is 19.8. The third-order valence-electron chi connectivity index (χ3n) is 6.11. The molecule has 0 aliphatic carbocycles. The van der Waals surface area contributed by atoms with Crippen LogP contribution >= 0.6 is 0 Å². The van der Waals surface area contributed by atoms with Crippen molar-refractivity contribution in [2.45, 2.75) is 18.8 Å². The van der Waals surface area contributed by atoms with Gasteiger partial charge in [-0.2, -0.15) is 0 Å². The SMILES string of the molecule is COc1ccc(C(CNC(=O)CCc2ccc(OC)c(OC)c2)c2c[nH]c3ccccc23)cc1. The molecule has 1 heterocycles. The number of nitrogens with one attached hydrogen (secondary N) is 2. The minimum Gasteiger partial charge on any atom is -0.497 e. The van der Waals surface area contributed by atoms with Gasteiger partial charge in [-0.15, -0.1) is 0 Å². The number of benzene rings is 3. The Morgan fingerprint density at radius 1 is 0.912 bits per heavy atom. The maximum Gasteiger partial charge on any atom is 0.220 e. The minimum atomic E-state index is 0.00656. The molecule has 2 N–H and O–H groups in total. The van der Waals surface area contributed by atoms with Crippen LogP contribution in [-0.2, 0) is 11.2 Å². The number of aromatic amines is 1. The molecular weight excluding hydrogens is 428 g/mol. The lowest BCUT2D eigenvalue weighted by molar-refractivity contribution is -0.121. The van der Waals surface area contributed by atoms with Crippen molar-refractivity contribution in [3.8, 4) is 17.2 Å². The Labute approximate surface area is 199 Å². The first kappa shape index (κ1) is 23.2. The van der Waals surface area contributed by atoms with Crippen LogP contribution in [0.25, 0.3) is 10.9 Å². The Hall–Kier alpha value is -3.93. The summed E-state index contributed by atoms with van der Waals surface area (Å²) < 4.78 is 16.0. The Balaban J connectivity index is 1.48. The maximum atomic E-state index is 12.8. The highest BCUT2D eigenvalue weighted by atomic mass is 16.5. The van der Waals surface area contributed by atoms with E-state index in [-0.39, 0.29) is 11.8 Å². The predicted octanol–water partition coefficient (Wildman–Crippen LogP) is 5.07. The van der Waals surface area contributed by atoms with Gasteiger partial charge in [0.25, 0.3) is 0 Å². The van der Waals surface area contributed by atoms with Crippen LogP contribution < -0.4 is 19.5 Å². The zero-order chi connectivity index (χ0) is 23.9. The van der Waals surface area contributed by atoms with E-state index in [1.165, 1.54) is 0 Å². The van der Waals surface area contributed by atoms with Crippen LogP contribution in [0.15, 0.2) is 72.9 Å². The summed E-state index contributed by atoms with van der Waals surface area (Å²) in [4.78, 5) is 16.1. The van der Waals surface area contributed by atoms with E-state index in [0.717, 1.165) is 33.3 Å². The standard InChI is InChI=1S/C28H30N2O4/c1-32-21-12-10-20(11-13-21)23(24-18-29-25-7-5-4-6-22(24)25)17-30-28(31)15-9-19-8-14-26(33-2)27(16-19)34-3/h4-8,10-14,16,18,23,29H,9,15,17H2,1-3H3,(H,30,31). The topological polar surface area (TPSA) is 72.6 Å². The van der Waals surface area contributed by atoms with E-state index in [1.807, 2.05) is 48.7 Å². The number of amides is 1. The predicted molar refractivity (Wildman–Crippen MR) is 134 cm³/mol. The number of para-hydroxylation sites is 1. The number of hydrogen-bond acceptors (Lipinski definition) is 4. The number of carbonyl (C=O) groups excluding carboxylic acids is 1. The summed E-state index contributed by atoms with van der Waals surface area (Å²) in [7, 11) is 4.88. The van der Waals surface area contributed by atoms with Gasteiger partial charge in [0.15, 0.2) is 11.5 Å². The molecule has 176 valence electrons. The molecule has 34 heavy (non-hydrogen) atoms. The van der Waals surface area contributed by atoms with Gasteiger partial charge >= 0.3 is 0 Å². The first-order valence-corrected chi connectivity index (χ1v) is 11.3. The van der Waals surface area contributed by atoms with Crippen molar-refractivity contribution in [2.24, 2.45) is 0 Å². The monoisotopic (exact) mass is 458 g/mol. The van der Waals surface area contributed by atoms with Crippen molar-refractivity contribution >= 4 is 16.8 Å². The largest absolute Gasteiger partial charge is 0.497 e. The lowest BCUT2D eigenvalue weighted by atomic mass is 9.90. The molecule has 0 fully saturated rings. The highest BCUT2D eigenvalue weighted by molar-refractivity contribution is 5.84. The van der Waals surface area contributed by atoms with Gasteiger partial charge in [-0.05, 0) is 53.4 Å². The second-order valence-corrected chi connectivity index (χ2v) is 8.11. The molecule has 0 aliphatic heterocycles. The Kier molecular flexibility index (Phi) is 7.38. The summed E-state index contributed by atoms with van der Waals surface area (Å²) in [6, 6.07) is 22.0. The third-order valence-corrected chi connectivity index (χ3v) is 6.11. The fraction of sp³-hybridized carbons (Fsp3) is 0.250. The molecule has 1 amide bonds. The number of methoxy groups -OCH3 is 3. The Bertz CT molecular complexity index is 1250. The van der Waals surface area contributed by atoms with E-state index in [2.05, 4.69) is 34.6 Å². The number of hydrogen-bond donors (Lipinski definition) is 2. The summed E-state index contributed by atoms with van der Waals surface area (Å²) in [5.41, 5.74) is 4.37. The summed E-state index contributed by atoms with van der Waals surface area (Å²) in [5.74, 6) is 2.16. The number of aromatic nitrogens is 1. The molecule has 3 aromatic carbocycles. The number of rotatable bonds is 10. The fourth-order valence-corrected chi connectivity index (χ4v) is 4.22. The zero-order valence-electron chi connectivity index (χ0n) is 19.8. The lowest BCUT2D eigenvalue weighted by Crippen LogP contribution is -2.29. The summed E-state index contributed by atoms with van der Waals surface area (Å²) in [5, 5.41) is 4.30. The summed E-state index contributed by atoms with van der Waals surface area (Å²) in [6.45, 7) is 0.499. The van der Waals surface area contributed by atoms with Gasteiger partial charge < -0.3 is 24.5 Å². The average Bonchev–Trinajstić information content (AvgIpc) is 3.31. The average molecular weight is 459 g/mol. The van der Waals surface area contributed by atoms with Gasteiger partial charge in [-0.3, -0.25) is 4.79 Å². The molecule has 6 heteroatoms. The highest BCUT2D eigenvalue weighted by Gasteiger charge is 2.19. The molecule has 6 nitrogen and oxygen atoms in total. The lowest BCUT2D eigenvalue weighted by Gasteiger charge is -2.19. The number of H-pyrrole nitrogens is 1. The van der Waals surface area contributed by atoms with E-state index in [4.69, 9.17) is 14.2 Å². The quantitative estimate of drug-likeness (QED) is 0.348. The molecule has 1 atom stereocenters. The number of carbonyl (C=O) groups is 1. The maximum absolute atomic E-state index is 12.8. The summed E-state index contributed by atoms with van der Waals surface area (Å²) in [6.07, 6.45) is 3.04. The van der Waals surface area contributed by atoms with Gasteiger partial charge in [-0.25, -0.2) is 0 Å². The van der Waals surface area contributed by atoms with Crippen molar-refractivity contribution < 1.29 is 19.0 Å². The van der Waals surface area contributed by atoms with E-state index in [0.29, 0.717) is 30.9 Å². The van der Waals surface area contributed by atoms with Gasteiger partial charge in [0, 0.05) is 36.0 Å². The molecule has 0 radical (unpaired) electrons. The molecule has 4 aromatic rings.